The van der Waals surface area contributed by atoms with Crippen molar-refractivity contribution in [3.05, 3.63) is 29.0 Å². The zero-order chi connectivity index (χ0) is 21.4. The largest absolute Gasteiger partial charge is 0.383 e. The molecular formula is C21H25N7OS2. The maximum absolute atomic E-state index is 12.7. The van der Waals surface area contributed by atoms with Crippen LogP contribution in [0, 0.1) is 5.92 Å². The molecule has 31 heavy (non-hydrogen) atoms. The first-order valence-electron chi connectivity index (χ1n) is 10.6. The summed E-state index contributed by atoms with van der Waals surface area (Å²) in [6.45, 7) is 5.15. The fraction of sp³-hybridized carbons (Fsp3) is 0.476. The topological polar surface area (TPSA) is 101 Å². The first-order chi connectivity index (χ1) is 15.1. The summed E-state index contributed by atoms with van der Waals surface area (Å²) in [5.41, 5.74) is 7.65. The fourth-order valence-electron chi connectivity index (χ4n) is 4.27. The Morgan fingerprint density at radius 3 is 2.87 bits per heavy atom. The number of carbonyl (C=O) groups is 1. The lowest BCUT2D eigenvalue weighted by Crippen LogP contribution is -2.49. The first kappa shape index (κ1) is 20.4. The van der Waals surface area contributed by atoms with Gasteiger partial charge in [0.1, 0.15) is 16.5 Å². The smallest absolute Gasteiger partial charge is 0.233 e. The maximum Gasteiger partial charge on any atom is 0.233 e. The molecule has 5 rings (SSSR count). The van der Waals surface area contributed by atoms with Crippen LogP contribution in [0.4, 0.5) is 11.6 Å². The van der Waals surface area contributed by atoms with Crippen molar-refractivity contribution in [2.24, 2.45) is 5.92 Å². The predicted octanol–water partition coefficient (Wildman–Crippen LogP) is 2.63. The summed E-state index contributed by atoms with van der Waals surface area (Å²) in [5, 5.41) is 1.62. The van der Waals surface area contributed by atoms with E-state index in [4.69, 9.17) is 10.7 Å². The average molecular weight is 456 g/mol. The zero-order valence-corrected chi connectivity index (χ0v) is 19.1. The van der Waals surface area contributed by atoms with E-state index in [1.165, 1.54) is 28.6 Å². The van der Waals surface area contributed by atoms with E-state index < -0.39 is 0 Å². The van der Waals surface area contributed by atoms with Crippen LogP contribution in [0.1, 0.15) is 23.8 Å². The van der Waals surface area contributed by atoms with Crippen LogP contribution in [-0.4, -0.2) is 62.7 Å². The summed E-state index contributed by atoms with van der Waals surface area (Å²) in [6, 6.07) is 0. The van der Waals surface area contributed by atoms with Gasteiger partial charge in [0, 0.05) is 43.4 Å². The highest BCUT2D eigenvalue weighted by molar-refractivity contribution is 7.99. The lowest BCUT2D eigenvalue weighted by atomic mass is 9.89. The molecule has 0 saturated carbocycles. The Balaban J connectivity index is 1.21. The van der Waals surface area contributed by atoms with Gasteiger partial charge >= 0.3 is 0 Å². The Labute approximate surface area is 189 Å². The van der Waals surface area contributed by atoms with E-state index in [1.54, 1.807) is 29.9 Å². The van der Waals surface area contributed by atoms with Gasteiger partial charge in [0.15, 0.2) is 5.16 Å². The molecule has 3 aromatic rings. The highest BCUT2D eigenvalue weighted by atomic mass is 32.2. The van der Waals surface area contributed by atoms with Crippen molar-refractivity contribution < 1.29 is 4.79 Å². The number of anilines is 2. The van der Waals surface area contributed by atoms with Gasteiger partial charge in [0.2, 0.25) is 5.91 Å². The standard InChI is InChI=1S/C21H25N7OS2/c1-13-2-3-14-15(10-13)31-20-18(14)19(22)25-21(26-20)30-12-17(29)28-8-6-27(7-9-28)16-11-23-4-5-24-16/h4-5,11,13H,2-3,6-10,12H2,1H3,(H2,22,25,26)/t13-/m1/s1. The molecule has 0 bridgehead atoms. The van der Waals surface area contributed by atoms with Crippen molar-refractivity contribution in [2.75, 3.05) is 42.6 Å². The molecule has 2 aliphatic rings. The monoisotopic (exact) mass is 455 g/mol. The van der Waals surface area contributed by atoms with Gasteiger partial charge < -0.3 is 15.5 Å². The van der Waals surface area contributed by atoms with Crippen LogP contribution in [0.5, 0.6) is 0 Å². The quantitative estimate of drug-likeness (QED) is 0.473. The number of thioether (sulfide) groups is 1. The van der Waals surface area contributed by atoms with E-state index >= 15 is 0 Å². The zero-order valence-electron chi connectivity index (χ0n) is 17.5. The van der Waals surface area contributed by atoms with Gasteiger partial charge in [-0.2, -0.15) is 0 Å². The summed E-state index contributed by atoms with van der Waals surface area (Å²) in [6.07, 6.45) is 8.45. The lowest BCUT2D eigenvalue weighted by Gasteiger charge is -2.35. The van der Waals surface area contributed by atoms with Gasteiger partial charge in [-0.3, -0.25) is 9.78 Å². The average Bonchev–Trinajstić information content (AvgIpc) is 3.16. The number of thiophene rings is 1. The summed E-state index contributed by atoms with van der Waals surface area (Å²) >= 11 is 3.11. The number of amides is 1. The van der Waals surface area contributed by atoms with Gasteiger partial charge in [0.05, 0.1) is 17.3 Å². The normalized spacial score (nSPS) is 18.9. The third kappa shape index (κ3) is 4.18. The van der Waals surface area contributed by atoms with Crippen molar-refractivity contribution in [3.8, 4) is 0 Å². The van der Waals surface area contributed by atoms with E-state index in [0.29, 0.717) is 35.7 Å². The Bertz CT molecular complexity index is 1100. The molecule has 0 aromatic carbocycles. The third-order valence-corrected chi connectivity index (χ3v) is 7.97. The highest BCUT2D eigenvalue weighted by Crippen LogP contribution is 2.39. The van der Waals surface area contributed by atoms with E-state index in [0.717, 1.165) is 42.0 Å². The van der Waals surface area contributed by atoms with Crippen LogP contribution in [-0.2, 0) is 17.6 Å². The minimum atomic E-state index is 0.102. The number of fused-ring (bicyclic) bond motifs is 3. The SMILES string of the molecule is C[C@@H]1CCc2c(sc3nc(SCC(=O)N4CCN(c5cnccn5)CC4)nc(N)c23)C1. The number of carbonyl (C=O) groups excluding carboxylic acids is 1. The molecule has 1 fully saturated rings. The Morgan fingerprint density at radius 1 is 1.26 bits per heavy atom. The molecule has 4 heterocycles. The van der Waals surface area contributed by atoms with E-state index in [2.05, 4.69) is 26.8 Å². The van der Waals surface area contributed by atoms with Crippen molar-refractivity contribution >= 4 is 50.9 Å². The molecule has 1 amide bonds. The number of hydrogen-bond donors (Lipinski definition) is 1. The van der Waals surface area contributed by atoms with Gasteiger partial charge in [0.25, 0.3) is 0 Å². The minimum absolute atomic E-state index is 0.102. The number of nitrogen functional groups attached to an aromatic ring is 1. The summed E-state index contributed by atoms with van der Waals surface area (Å²) in [5.74, 6) is 2.53. The maximum atomic E-state index is 12.7. The Hall–Kier alpha value is -2.46. The molecule has 1 aliphatic heterocycles. The van der Waals surface area contributed by atoms with Gasteiger partial charge in [-0.05, 0) is 30.7 Å². The second-order valence-corrected chi connectivity index (χ2v) is 10.2. The van der Waals surface area contributed by atoms with E-state index in [9.17, 15) is 4.79 Å². The molecule has 1 atom stereocenters. The van der Waals surface area contributed by atoms with Crippen LogP contribution >= 0.6 is 23.1 Å². The van der Waals surface area contributed by atoms with Crippen LogP contribution in [0.25, 0.3) is 10.2 Å². The van der Waals surface area contributed by atoms with Crippen molar-refractivity contribution in [1.29, 1.82) is 0 Å². The number of aryl methyl sites for hydroxylation is 1. The molecular weight excluding hydrogens is 430 g/mol. The molecule has 2 N–H and O–H groups in total. The van der Waals surface area contributed by atoms with Gasteiger partial charge in [-0.1, -0.05) is 18.7 Å². The second kappa shape index (κ2) is 8.58. The number of aromatic nitrogens is 4. The highest BCUT2D eigenvalue weighted by Gasteiger charge is 2.25. The molecule has 162 valence electrons. The molecule has 1 saturated heterocycles. The molecule has 0 radical (unpaired) electrons. The first-order valence-corrected chi connectivity index (χ1v) is 12.4. The molecule has 10 heteroatoms. The summed E-state index contributed by atoms with van der Waals surface area (Å²) in [4.78, 5) is 36.8. The molecule has 3 aromatic heterocycles. The van der Waals surface area contributed by atoms with E-state index in [-0.39, 0.29) is 5.91 Å². The number of nitrogens with two attached hydrogens (primary N) is 1. The van der Waals surface area contributed by atoms with Gasteiger partial charge in [-0.25, -0.2) is 15.0 Å². The third-order valence-electron chi connectivity index (χ3n) is 5.99. The number of hydrogen-bond acceptors (Lipinski definition) is 9. The van der Waals surface area contributed by atoms with Crippen molar-refractivity contribution in [3.63, 3.8) is 0 Å². The van der Waals surface area contributed by atoms with Crippen LogP contribution in [0.2, 0.25) is 0 Å². The molecule has 0 unspecified atom stereocenters. The number of rotatable bonds is 4. The second-order valence-electron chi connectivity index (χ2n) is 8.14. The summed E-state index contributed by atoms with van der Waals surface area (Å²) < 4.78 is 0. The number of nitrogens with zero attached hydrogens (tertiary/aromatic N) is 6. The molecule has 0 spiro atoms. The van der Waals surface area contributed by atoms with Crippen molar-refractivity contribution in [1.82, 2.24) is 24.8 Å². The summed E-state index contributed by atoms with van der Waals surface area (Å²) in [7, 11) is 0. The predicted molar refractivity (Wildman–Crippen MR) is 125 cm³/mol. The Kier molecular flexibility index (Phi) is 5.66. The van der Waals surface area contributed by atoms with Gasteiger partial charge in [-0.15, -0.1) is 11.3 Å². The van der Waals surface area contributed by atoms with Crippen LogP contribution in [0.3, 0.4) is 0 Å². The number of piperazine rings is 1. The lowest BCUT2D eigenvalue weighted by molar-refractivity contribution is -0.128. The molecule has 8 nitrogen and oxygen atoms in total. The fourth-order valence-corrected chi connectivity index (χ4v) is 6.47. The molecule has 1 aliphatic carbocycles. The Morgan fingerprint density at radius 2 is 2.10 bits per heavy atom. The van der Waals surface area contributed by atoms with Crippen LogP contribution in [0.15, 0.2) is 23.7 Å². The van der Waals surface area contributed by atoms with Crippen LogP contribution < -0.4 is 10.6 Å². The van der Waals surface area contributed by atoms with E-state index in [1.807, 2.05) is 4.90 Å². The minimum Gasteiger partial charge on any atom is -0.383 e. The van der Waals surface area contributed by atoms with Crippen molar-refractivity contribution in [2.45, 2.75) is 31.3 Å².